The van der Waals surface area contributed by atoms with E-state index in [1.54, 1.807) is 0 Å². The van der Waals surface area contributed by atoms with Crippen molar-refractivity contribution in [3.05, 3.63) is 96.1 Å². The predicted molar refractivity (Wildman–Crippen MR) is 98.5 cm³/mol. The minimum Gasteiger partial charge on any atom is -0.324 e. The lowest BCUT2D eigenvalue weighted by molar-refractivity contribution is 0.724. The quantitative estimate of drug-likeness (QED) is 0.550. The summed E-state index contributed by atoms with van der Waals surface area (Å²) in [5.41, 5.74) is 8.94. The van der Waals surface area contributed by atoms with Crippen LogP contribution in [-0.4, -0.2) is 0 Å². The van der Waals surface area contributed by atoms with Gasteiger partial charge in [0.05, 0.1) is 0 Å². The zero-order chi connectivity index (χ0) is 15.6. The fourth-order valence-electron chi connectivity index (χ4n) is 3.18. The first-order chi connectivity index (χ1) is 11.3. The first kappa shape index (κ1) is 14.0. The van der Waals surface area contributed by atoms with E-state index in [0.717, 1.165) is 6.42 Å². The lowest BCUT2D eigenvalue weighted by Gasteiger charge is -2.14. The molecule has 0 bridgehead atoms. The highest BCUT2D eigenvalue weighted by molar-refractivity contribution is 5.84. The van der Waals surface area contributed by atoms with Gasteiger partial charge in [0.2, 0.25) is 0 Å². The largest absolute Gasteiger partial charge is 0.324 e. The van der Waals surface area contributed by atoms with Crippen LogP contribution in [0.1, 0.15) is 17.2 Å². The van der Waals surface area contributed by atoms with Gasteiger partial charge in [0.25, 0.3) is 0 Å². The number of hydrogen-bond donors (Lipinski definition) is 1. The molecule has 1 unspecified atom stereocenters. The minimum atomic E-state index is 0.0146. The average molecular weight is 297 g/mol. The third-order valence-electron chi connectivity index (χ3n) is 4.47. The Balaban J connectivity index is 1.63. The third kappa shape index (κ3) is 2.84. The maximum Gasteiger partial charge on any atom is 0.0335 e. The monoisotopic (exact) mass is 297 g/mol. The van der Waals surface area contributed by atoms with Crippen molar-refractivity contribution < 1.29 is 0 Å². The average Bonchev–Trinajstić information content (AvgIpc) is 2.61. The van der Waals surface area contributed by atoms with Crippen LogP contribution in [0.5, 0.6) is 0 Å². The highest BCUT2D eigenvalue weighted by Gasteiger charge is 2.08. The highest BCUT2D eigenvalue weighted by Crippen LogP contribution is 2.23. The molecule has 1 nitrogen and oxygen atoms in total. The normalized spacial score (nSPS) is 12.6. The Morgan fingerprint density at radius 2 is 1.17 bits per heavy atom. The number of rotatable bonds is 3. The van der Waals surface area contributed by atoms with Gasteiger partial charge in [0, 0.05) is 6.04 Å². The van der Waals surface area contributed by atoms with Crippen molar-refractivity contribution >= 4 is 21.5 Å². The highest BCUT2D eigenvalue weighted by atomic mass is 14.6. The summed E-state index contributed by atoms with van der Waals surface area (Å²) in [7, 11) is 0. The van der Waals surface area contributed by atoms with Crippen molar-refractivity contribution in [3.63, 3.8) is 0 Å². The van der Waals surface area contributed by atoms with E-state index in [2.05, 4.69) is 84.9 Å². The second kappa shape index (κ2) is 5.86. The summed E-state index contributed by atoms with van der Waals surface area (Å²) >= 11 is 0. The summed E-state index contributed by atoms with van der Waals surface area (Å²) in [6.45, 7) is 0. The number of benzene rings is 4. The summed E-state index contributed by atoms with van der Waals surface area (Å²) in [5.74, 6) is 0. The topological polar surface area (TPSA) is 26.0 Å². The molecule has 112 valence electrons. The van der Waals surface area contributed by atoms with Crippen molar-refractivity contribution in [1.82, 2.24) is 0 Å². The molecule has 0 radical (unpaired) electrons. The summed E-state index contributed by atoms with van der Waals surface area (Å²) in [6.07, 6.45) is 0.850. The fourth-order valence-corrected chi connectivity index (χ4v) is 3.18. The fraction of sp³-hybridized carbons (Fsp3) is 0.0909. The van der Waals surface area contributed by atoms with E-state index in [-0.39, 0.29) is 6.04 Å². The lowest BCUT2D eigenvalue weighted by Crippen LogP contribution is -2.13. The van der Waals surface area contributed by atoms with Gasteiger partial charge in [-0.05, 0) is 45.2 Å². The van der Waals surface area contributed by atoms with Crippen LogP contribution >= 0.6 is 0 Å². The van der Waals surface area contributed by atoms with Crippen LogP contribution in [0.25, 0.3) is 21.5 Å². The SMILES string of the molecule is NC(Cc1ccc2ccccc2c1)c1ccc2ccccc2c1. The van der Waals surface area contributed by atoms with Crippen LogP contribution in [0.15, 0.2) is 84.9 Å². The molecule has 4 aromatic rings. The van der Waals surface area contributed by atoms with Gasteiger partial charge >= 0.3 is 0 Å². The Labute approximate surface area is 136 Å². The van der Waals surface area contributed by atoms with Gasteiger partial charge in [-0.15, -0.1) is 0 Å². The number of fused-ring (bicyclic) bond motifs is 2. The molecule has 0 aliphatic rings. The van der Waals surface area contributed by atoms with Gasteiger partial charge in [-0.1, -0.05) is 78.9 Å². The first-order valence-electron chi connectivity index (χ1n) is 8.01. The maximum atomic E-state index is 6.46. The van der Waals surface area contributed by atoms with E-state index < -0.39 is 0 Å². The second-order valence-electron chi connectivity index (χ2n) is 6.10. The van der Waals surface area contributed by atoms with Gasteiger partial charge in [-0.2, -0.15) is 0 Å². The molecule has 4 rings (SSSR count). The van der Waals surface area contributed by atoms with Crippen molar-refractivity contribution in [2.24, 2.45) is 5.73 Å². The molecule has 0 fully saturated rings. The molecular weight excluding hydrogens is 278 g/mol. The number of hydrogen-bond acceptors (Lipinski definition) is 1. The van der Waals surface area contributed by atoms with E-state index in [1.807, 2.05) is 0 Å². The Morgan fingerprint density at radius 1 is 0.609 bits per heavy atom. The van der Waals surface area contributed by atoms with E-state index in [4.69, 9.17) is 5.73 Å². The molecule has 0 amide bonds. The number of nitrogens with two attached hydrogens (primary N) is 1. The molecule has 0 aromatic heterocycles. The third-order valence-corrected chi connectivity index (χ3v) is 4.47. The zero-order valence-corrected chi connectivity index (χ0v) is 12.9. The summed E-state index contributed by atoms with van der Waals surface area (Å²) in [6, 6.07) is 30.0. The molecule has 0 saturated heterocycles. The summed E-state index contributed by atoms with van der Waals surface area (Å²) in [4.78, 5) is 0. The predicted octanol–water partition coefficient (Wildman–Crippen LogP) is 5.24. The van der Waals surface area contributed by atoms with Crippen LogP contribution in [-0.2, 0) is 6.42 Å². The standard InChI is InChI=1S/C22H19N/c23-22(21-12-11-18-6-2-4-8-20(18)15-21)14-16-9-10-17-5-1-3-7-19(17)13-16/h1-13,15,22H,14,23H2. The smallest absolute Gasteiger partial charge is 0.0335 e. The zero-order valence-electron chi connectivity index (χ0n) is 12.9. The van der Waals surface area contributed by atoms with Gasteiger partial charge < -0.3 is 5.73 Å². The van der Waals surface area contributed by atoms with Crippen molar-refractivity contribution in [1.29, 1.82) is 0 Å². The van der Waals surface area contributed by atoms with Gasteiger partial charge in [0.1, 0.15) is 0 Å². The van der Waals surface area contributed by atoms with E-state index in [9.17, 15) is 0 Å². The first-order valence-corrected chi connectivity index (χ1v) is 8.01. The van der Waals surface area contributed by atoms with Crippen molar-refractivity contribution in [2.45, 2.75) is 12.5 Å². The van der Waals surface area contributed by atoms with Crippen LogP contribution in [0.2, 0.25) is 0 Å². The molecule has 0 aliphatic heterocycles. The molecular formula is C22H19N. The summed E-state index contributed by atoms with van der Waals surface area (Å²) < 4.78 is 0. The molecule has 4 aromatic carbocycles. The lowest BCUT2D eigenvalue weighted by atomic mass is 9.96. The summed E-state index contributed by atoms with van der Waals surface area (Å²) in [5, 5.41) is 5.05. The molecule has 0 saturated carbocycles. The molecule has 0 heterocycles. The minimum absolute atomic E-state index is 0.0146. The van der Waals surface area contributed by atoms with Gasteiger partial charge in [0.15, 0.2) is 0 Å². The van der Waals surface area contributed by atoms with Crippen LogP contribution in [0.3, 0.4) is 0 Å². The molecule has 1 atom stereocenters. The second-order valence-corrected chi connectivity index (χ2v) is 6.10. The molecule has 0 aliphatic carbocycles. The van der Waals surface area contributed by atoms with Crippen molar-refractivity contribution in [3.8, 4) is 0 Å². The van der Waals surface area contributed by atoms with Gasteiger partial charge in [-0.25, -0.2) is 0 Å². The Bertz CT molecular complexity index is 971. The van der Waals surface area contributed by atoms with E-state index in [1.165, 1.54) is 32.7 Å². The Kier molecular flexibility index (Phi) is 3.57. The Morgan fingerprint density at radius 3 is 1.87 bits per heavy atom. The van der Waals surface area contributed by atoms with Crippen molar-refractivity contribution in [2.75, 3.05) is 0 Å². The van der Waals surface area contributed by atoms with Gasteiger partial charge in [-0.3, -0.25) is 0 Å². The van der Waals surface area contributed by atoms with Crippen LogP contribution < -0.4 is 5.73 Å². The van der Waals surface area contributed by atoms with E-state index in [0.29, 0.717) is 0 Å². The van der Waals surface area contributed by atoms with Crippen LogP contribution in [0, 0.1) is 0 Å². The van der Waals surface area contributed by atoms with E-state index >= 15 is 0 Å². The molecule has 1 heteroatoms. The molecule has 0 spiro atoms. The molecule has 2 N–H and O–H groups in total. The maximum absolute atomic E-state index is 6.46. The van der Waals surface area contributed by atoms with Crippen LogP contribution in [0.4, 0.5) is 0 Å². The Hall–Kier alpha value is -2.64. The molecule has 23 heavy (non-hydrogen) atoms.